The average molecular weight is 416 g/mol. The van der Waals surface area contributed by atoms with Crippen LogP contribution >= 0.6 is 24.8 Å². The Morgan fingerprint density at radius 2 is 2.00 bits per heavy atom. The first-order valence-corrected chi connectivity index (χ1v) is 8.55. The maximum Gasteiger partial charge on any atom is 0.220 e. The molecule has 27 heavy (non-hydrogen) atoms. The summed E-state index contributed by atoms with van der Waals surface area (Å²) in [6.07, 6.45) is 4.32. The van der Waals surface area contributed by atoms with Crippen molar-refractivity contribution in [2.75, 3.05) is 13.1 Å². The number of carbonyl (C=O) groups is 1. The lowest BCUT2D eigenvalue weighted by molar-refractivity contribution is -0.121. The third-order valence-electron chi connectivity index (χ3n) is 4.27. The Labute approximate surface area is 170 Å². The zero-order chi connectivity index (χ0) is 17.5. The van der Waals surface area contributed by atoms with E-state index in [-0.39, 0.29) is 36.5 Å². The monoisotopic (exact) mass is 415 g/mol. The predicted octanol–water partition coefficient (Wildman–Crippen LogP) is 3.86. The van der Waals surface area contributed by atoms with E-state index in [1.54, 1.807) is 24.4 Å². The van der Waals surface area contributed by atoms with Crippen molar-refractivity contribution >= 4 is 30.7 Å². The third-order valence-corrected chi connectivity index (χ3v) is 4.27. The first-order valence-electron chi connectivity index (χ1n) is 8.55. The van der Waals surface area contributed by atoms with Crippen LogP contribution in [0.5, 0.6) is 11.6 Å². The molecule has 1 fully saturated rings. The van der Waals surface area contributed by atoms with Gasteiger partial charge in [-0.25, -0.2) is 9.37 Å². The lowest BCUT2D eigenvalue weighted by Crippen LogP contribution is -2.23. The van der Waals surface area contributed by atoms with Crippen LogP contribution in [-0.4, -0.2) is 24.0 Å². The van der Waals surface area contributed by atoms with Crippen LogP contribution < -0.4 is 15.4 Å². The summed E-state index contributed by atoms with van der Waals surface area (Å²) in [5, 5.41) is 6.23. The lowest BCUT2D eigenvalue weighted by atomic mass is 10.0. The molecule has 1 amide bonds. The van der Waals surface area contributed by atoms with Crippen molar-refractivity contribution in [1.29, 1.82) is 0 Å². The minimum Gasteiger partial charge on any atom is -0.439 e. The fraction of sp³-hybridized carbons (Fsp3) is 0.368. The van der Waals surface area contributed by atoms with Crippen molar-refractivity contribution in [3.63, 3.8) is 0 Å². The van der Waals surface area contributed by atoms with Crippen LogP contribution in [0.2, 0.25) is 0 Å². The quantitative estimate of drug-likeness (QED) is 0.720. The van der Waals surface area contributed by atoms with Crippen LogP contribution in [0.1, 0.15) is 24.8 Å². The number of rotatable bonds is 7. The number of benzene rings is 1. The van der Waals surface area contributed by atoms with Gasteiger partial charge in [0.25, 0.3) is 0 Å². The minimum atomic E-state index is -0.310. The number of pyridine rings is 1. The van der Waals surface area contributed by atoms with Gasteiger partial charge >= 0.3 is 0 Å². The molecular weight excluding hydrogens is 392 g/mol. The summed E-state index contributed by atoms with van der Waals surface area (Å²) in [5.41, 5.74) is 0.905. The highest BCUT2D eigenvalue weighted by Gasteiger charge is 2.15. The molecule has 0 aliphatic carbocycles. The molecule has 0 spiro atoms. The zero-order valence-corrected chi connectivity index (χ0v) is 16.5. The topological polar surface area (TPSA) is 63.2 Å². The summed E-state index contributed by atoms with van der Waals surface area (Å²) in [4.78, 5) is 16.1. The smallest absolute Gasteiger partial charge is 0.220 e. The Morgan fingerprint density at radius 1 is 1.22 bits per heavy atom. The summed E-state index contributed by atoms with van der Waals surface area (Å²) in [6.45, 7) is 2.53. The van der Waals surface area contributed by atoms with Gasteiger partial charge in [-0.3, -0.25) is 4.79 Å². The molecule has 1 aliphatic heterocycles. The number of hydrogen-bond donors (Lipinski definition) is 2. The summed E-state index contributed by atoms with van der Waals surface area (Å²) in [6, 6.07) is 9.35. The number of ether oxygens (including phenoxy) is 1. The standard InChI is InChI=1S/C19H22FN3O2.2ClH/c20-16-3-5-17(6-4-16)25-19-8-2-15(13-23-19)12-22-18(24)7-1-14-9-10-21-11-14;;/h2-6,8,13-14,21H,1,7,9-12H2,(H,22,24);2*1H. The van der Waals surface area contributed by atoms with E-state index in [1.165, 1.54) is 12.1 Å². The fourth-order valence-corrected chi connectivity index (χ4v) is 2.78. The molecule has 148 valence electrons. The van der Waals surface area contributed by atoms with Crippen molar-refractivity contribution in [1.82, 2.24) is 15.6 Å². The second-order valence-electron chi connectivity index (χ2n) is 6.23. The van der Waals surface area contributed by atoms with Gasteiger partial charge in [0, 0.05) is 25.2 Å². The second kappa shape index (κ2) is 11.7. The summed E-state index contributed by atoms with van der Waals surface area (Å²) >= 11 is 0. The van der Waals surface area contributed by atoms with Gasteiger partial charge in [0.05, 0.1) is 0 Å². The summed E-state index contributed by atoms with van der Waals surface area (Å²) in [7, 11) is 0. The van der Waals surface area contributed by atoms with E-state index in [1.807, 2.05) is 6.07 Å². The molecule has 0 radical (unpaired) electrons. The van der Waals surface area contributed by atoms with E-state index in [0.717, 1.165) is 31.5 Å². The maximum absolute atomic E-state index is 12.9. The van der Waals surface area contributed by atoms with Crippen molar-refractivity contribution in [2.45, 2.75) is 25.8 Å². The Bertz CT molecular complexity index is 693. The van der Waals surface area contributed by atoms with Gasteiger partial charge in [-0.05, 0) is 61.7 Å². The van der Waals surface area contributed by atoms with Gasteiger partial charge in [-0.2, -0.15) is 0 Å². The van der Waals surface area contributed by atoms with E-state index in [2.05, 4.69) is 15.6 Å². The van der Waals surface area contributed by atoms with Gasteiger partial charge in [-0.1, -0.05) is 6.07 Å². The highest BCUT2D eigenvalue weighted by atomic mass is 35.5. The minimum absolute atomic E-state index is 0. The first-order chi connectivity index (χ1) is 12.2. The highest BCUT2D eigenvalue weighted by Crippen LogP contribution is 2.19. The molecule has 1 aromatic heterocycles. The van der Waals surface area contributed by atoms with Gasteiger partial charge in [0.15, 0.2) is 0 Å². The van der Waals surface area contributed by atoms with E-state index in [0.29, 0.717) is 30.5 Å². The number of halogens is 3. The number of nitrogens with zero attached hydrogens (tertiary/aromatic N) is 1. The predicted molar refractivity (Wildman–Crippen MR) is 107 cm³/mol. The molecule has 0 bridgehead atoms. The summed E-state index contributed by atoms with van der Waals surface area (Å²) < 4.78 is 18.4. The lowest BCUT2D eigenvalue weighted by Gasteiger charge is -2.09. The molecular formula is C19H24Cl2FN3O2. The normalized spacial score (nSPS) is 15.4. The van der Waals surface area contributed by atoms with Crippen LogP contribution in [-0.2, 0) is 11.3 Å². The van der Waals surface area contributed by atoms with Crippen molar-refractivity contribution in [2.24, 2.45) is 5.92 Å². The molecule has 1 saturated heterocycles. The van der Waals surface area contributed by atoms with E-state index >= 15 is 0 Å². The second-order valence-corrected chi connectivity index (χ2v) is 6.23. The van der Waals surface area contributed by atoms with Gasteiger partial charge in [-0.15, -0.1) is 24.8 Å². The molecule has 8 heteroatoms. The van der Waals surface area contributed by atoms with E-state index < -0.39 is 0 Å². The van der Waals surface area contributed by atoms with Gasteiger partial charge in [0.2, 0.25) is 11.8 Å². The average Bonchev–Trinajstić information content (AvgIpc) is 3.15. The van der Waals surface area contributed by atoms with Crippen LogP contribution in [0.4, 0.5) is 4.39 Å². The number of aromatic nitrogens is 1. The van der Waals surface area contributed by atoms with Crippen LogP contribution in [0.3, 0.4) is 0 Å². The molecule has 1 aliphatic rings. The SMILES string of the molecule is Cl.Cl.O=C(CCC1CCNC1)NCc1ccc(Oc2ccc(F)cc2)nc1. The van der Waals surface area contributed by atoms with Crippen molar-refractivity contribution < 1.29 is 13.9 Å². The molecule has 3 rings (SSSR count). The molecule has 1 aromatic carbocycles. The number of nitrogens with one attached hydrogen (secondary N) is 2. The van der Waals surface area contributed by atoms with Crippen molar-refractivity contribution in [3.05, 3.63) is 54.0 Å². The van der Waals surface area contributed by atoms with E-state index in [9.17, 15) is 9.18 Å². The number of hydrogen-bond acceptors (Lipinski definition) is 4. The number of amides is 1. The molecule has 0 saturated carbocycles. The first kappa shape index (κ1) is 23.1. The fourth-order valence-electron chi connectivity index (χ4n) is 2.78. The van der Waals surface area contributed by atoms with Crippen LogP contribution in [0.25, 0.3) is 0 Å². The largest absolute Gasteiger partial charge is 0.439 e. The molecule has 2 heterocycles. The Hall–Kier alpha value is -1.89. The van der Waals surface area contributed by atoms with Crippen LogP contribution in [0, 0.1) is 11.7 Å². The van der Waals surface area contributed by atoms with E-state index in [4.69, 9.17) is 4.74 Å². The Kier molecular flexibility index (Phi) is 10.1. The van der Waals surface area contributed by atoms with Gasteiger partial charge in [0.1, 0.15) is 11.6 Å². The molecule has 2 N–H and O–H groups in total. The Morgan fingerprint density at radius 3 is 2.63 bits per heavy atom. The molecule has 1 unspecified atom stereocenters. The Balaban J connectivity index is 0.00000182. The maximum atomic E-state index is 12.9. The third kappa shape index (κ3) is 7.71. The molecule has 5 nitrogen and oxygen atoms in total. The highest BCUT2D eigenvalue weighted by molar-refractivity contribution is 5.85. The van der Waals surface area contributed by atoms with Gasteiger partial charge < -0.3 is 15.4 Å². The molecule has 2 aromatic rings. The molecule has 1 atom stereocenters. The van der Waals surface area contributed by atoms with Crippen molar-refractivity contribution in [3.8, 4) is 11.6 Å². The zero-order valence-electron chi connectivity index (χ0n) is 14.8. The van der Waals surface area contributed by atoms with Crippen LogP contribution in [0.15, 0.2) is 42.6 Å². The number of carbonyl (C=O) groups excluding carboxylic acids is 1. The summed E-state index contributed by atoms with van der Waals surface area (Å²) in [5.74, 6) is 1.33.